The lowest BCUT2D eigenvalue weighted by Gasteiger charge is -2.24. The molecular weight excluding hydrogens is 332 g/mol. The molecule has 2 unspecified atom stereocenters. The number of fused-ring (bicyclic) bond motifs is 1. The van der Waals surface area contributed by atoms with Crippen LogP contribution >= 0.6 is 0 Å². The molecule has 0 fully saturated rings. The fourth-order valence-electron chi connectivity index (χ4n) is 3.30. The van der Waals surface area contributed by atoms with E-state index in [4.69, 9.17) is 9.47 Å². The van der Waals surface area contributed by atoms with Crippen LogP contribution in [0.2, 0.25) is 0 Å². The number of nitrogens with one attached hydrogen (secondary N) is 2. The van der Waals surface area contributed by atoms with Crippen LogP contribution in [0.15, 0.2) is 48.5 Å². The van der Waals surface area contributed by atoms with Gasteiger partial charge < -0.3 is 20.1 Å². The summed E-state index contributed by atoms with van der Waals surface area (Å²) in [5.41, 5.74) is 3.36. The number of carbonyl (C=O) groups is 2. The first-order valence-electron chi connectivity index (χ1n) is 8.59. The summed E-state index contributed by atoms with van der Waals surface area (Å²) in [6, 6.07) is 14.8. The van der Waals surface area contributed by atoms with Crippen LogP contribution in [0, 0.1) is 0 Å². The predicted octanol–water partition coefficient (Wildman–Crippen LogP) is 3.30. The van der Waals surface area contributed by atoms with Crippen molar-refractivity contribution in [2.24, 2.45) is 0 Å². The summed E-state index contributed by atoms with van der Waals surface area (Å²) >= 11 is 0. The van der Waals surface area contributed by atoms with Crippen molar-refractivity contribution in [1.82, 2.24) is 5.32 Å². The first kappa shape index (κ1) is 17.8. The van der Waals surface area contributed by atoms with Gasteiger partial charge in [0.15, 0.2) is 0 Å². The molecule has 0 heterocycles. The van der Waals surface area contributed by atoms with Gasteiger partial charge in [-0.05, 0) is 36.6 Å². The Morgan fingerprint density at radius 1 is 1.12 bits per heavy atom. The number of esters is 1. The molecule has 2 aromatic rings. The summed E-state index contributed by atoms with van der Waals surface area (Å²) in [6.07, 6.45) is 0.242. The fraction of sp³-hybridized carbons (Fsp3) is 0.300. The molecule has 0 radical (unpaired) electrons. The van der Waals surface area contributed by atoms with E-state index in [1.165, 1.54) is 7.11 Å². The molecule has 0 saturated carbocycles. The summed E-state index contributed by atoms with van der Waals surface area (Å²) < 4.78 is 9.89. The predicted molar refractivity (Wildman–Crippen MR) is 98.2 cm³/mol. The van der Waals surface area contributed by atoms with Crippen LogP contribution in [0.25, 0.3) is 0 Å². The monoisotopic (exact) mass is 354 g/mol. The van der Waals surface area contributed by atoms with Gasteiger partial charge in [0.2, 0.25) is 0 Å². The average molecular weight is 354 g/mol. The van der Waals surface area contributed by atoms with Gasteiger partial charge in [0.25, 0.3) is 0 Å². The van der Waals surface area contributed by atoms with Crippen LogP contribution < -0.4 is 10.6 Å². The minimum Gasteiger partial charge on any atom is -0.465 e. The Morgan fingerprint density at radius 3 is 2.62 bits per heavy atom. The Kier molecular flexibility index (Phi) is 5.41. The molecule has 0 bridgehead atoms. The number of para-hydroxylation sites is 1. The smallest absolute Gasteiger partial charge is 0.407 e. The number of alkyl carbamates (subject to hydrolysis) is 1. The van der Waals surface area contributed by atoms with E-state index >= 15 is 0 Å². The number of methoxy groups -OCH3 is 1. The van der Waals surface area contributed by atoms with Gasteiger partial charge in [-0.15, -0.1) is 0 Å². The first-order valence-corrected chi connectivity index (χ1v) is 8.59. The van der Waals surface area contributed by atoms with Crippen molar-refractivity contribution in [3.8, 4) is 0 Å². The zero-order valence-electron chi connectivity index (χ0n) is 14.8. The number of ether oxygens (including phenoxy) is 2. The van der Waals surface area contributed by atoms with Gasteiger partial charge in [0, 0.05) is 5.69 Å². The lowest BCUT2D eigenvalue weighted by molar-refractivity contribution is 0.0601. The molecule has 26 heavy (non-hydrogen) atoms. The van der Waals surface area contributed by atoms with E-state index in [-0.39, 0.29) is 12.1 Å². The summed E-state index contributed by atoms with van der Waals surface area (Å²) in [4.78, 5) is 24.0. The SMILES string of the molecule is CCOC(=O)NC1Cc2ccccc2C1Nc1ccccc1C(=O)OC. The van der Waals surface area contributed by atoms with E-state index in [0.29, 0.717) is 24.3 Å². The summed E-state index contributed by atoms with van der Waals surface area (Å²) in [7, 11) is 1.36. The highest BCUT2D eigenvalue weighted by Crippen LogP contribution is 2.35. The number of anilines is 1. The van der Waals surface area contributed by atoms with Crippen LogP contribution in [-0.4, -0.2) is 31.8 Å². The summed E-state index contributed by atoms with van der Waals surface area (Å²) in [5.74, 6) is -0.408. The van der Waals surface area contributed by atoms with Crippen LogP contribution in [0.4, 0.5) is 10.5 Å². The highest BCUT2D eigenvalue weighted by Gasteiger charge is 2.34. The molecule has 2 atom stereocenters. The highest BCUT2D eigenvalue weighted by atomic mass is 16.5. The zero-order valence-corrected chi connectivity index (χ0v) is 14.8. The maximum Gasteiger partial charge on any atom is 0.407 e. The van der Waals surface area contributed by atoms with Gasteiger partial charge in [-0.25, -0.2) is 9.59 Å². The van der Waals surface area contributed by atoms with Crippen LogP contribution in [-0.2, 0) is 15.9 Å². The van der Waals surface area contributed by atoms with Crippen molar-refractivity contribution in [3.05, 3.63) is 65.2 Å². The van der Waals surface area contributed by atoms with E-state index in [2.05, 4.69) is 10.6 Å². The van der Waals surface area contributed by atoms with E-state index < -0.39 is 12.1 Å². The first-order chi connectivity index (χ1) is 12.6. The third kappa shape index (κ3) is 3.64. The normalized spacial score (nSPS) is 17.9. The number of amides is 1. The Hall–Kier alpha value is -3.02. The maximum atomic E-state index is 12.0. The molecule has 136 valence electrons. The Balaban J connectivity index is 1.90. The second-order valence-electron chi connectivity index (χ2n) is 6.03. The lowest BCUT2D eigenvalue weighted by atomic mass is 10.1. The van der Waals surface area contributed by atoms with Gasteiger partial charge in [-0.1, -0.05) is 36.4 Å². The van der Waals surface area contributed by atoms with Crippen molar-refractivity contribution in [1.29, 1.82) is 0 Å². The molecule has 1 aliphatic rings. The van der Waals surface area contributed by atoms with Crippen LogP contribution in [0.5, 0.6) is 0 Å². The molecule has 6 nitrogen and oxygen atoms in total. The largest absolute Gasteiger partial charge is 0.465 e. The van der Waals surface area contributed by atoms with Gasteiger partial charge in [-0.2, -0.15) is 0 Å². The van der Waals surface area contributed by atoms with Gasteiger partial charge >= 0.3 is 12.1 Å². The Labute approximate surface area is 152 Å². The number of carbonyl (C=O) groups excluding carboxylic acids is 2. The maximum absolute atomic E-state index is 12.0. The number of benzene rings is 2. The molecule has 0 aliphatic heterocycles. The molecule has 0 spiro atoms. The second kappa shape index (κ2) is 7.91. The van der Waals surface area contributed by atoms with E-state index in [0.717, 1.165) is 11.1 Å². The molecule has 0 aromatic heterocycles. The molecule has 2 aromatic carbocycles. The van der Waals surface area contributed by atoms with Crippen LogP contribution in [0.3, 0.4) is 0 Å². The van der Waals surface area contributed by atoms with E-state index in [1.807, 2.05) is 36.4 Å². The Morgan fingerprint density at radius 2 is 1.85 bits per heavy atom. The minimum absolute atomic E-state index is 0.179. The van der Waals surface area contributed by atoms with E-state index in [9.17, 15) is 9.59 Å². The van der Waals surface area contributed by atoms with Crippen LogP contribution in [0.1, 0.15) is 34.5 Å². The zero-order chi connectivity index (χ0) is 18.5. The Bertz CT molecular complexity index is 806. The van der Waals surface area contributed by atoms with Crippen molar-refractivity contribution in [2.45, 2.75) is 25.4 Å². The second-order valence-corrected chi connectivity index (χ2v) is 6.03. The molecular formula is C20H22N2O4. The van der Waals surface area contributed by atoms with Crippen molar-refractivity contribution in [2.75, 3.05) is 19.0 Å². The third-order valence-electron chi connectivity index (χ3n) is 4.45. The van der Waals surface area contributed by atoms with Crippen molar-refractivity contribution >= 4 is 17.7 Å². The van der Waals surface area contributed by atoms with Crippen molar-refractivity contribution < 1.29 is 19.1 Å². The molecule has 2 N–H and O–H groups in total. The number of rotatable bonds is 5. The summed E-state index contributed by atoms with van der Waals surface area (Å²) in [5, 5.41) is 6.33. The topological polar surface area (TPSA) is 76.7 Å². The van der Waals surface area contributed by atoms with E-state index in [1.54, 1.807) is 19.1 Å². The van der Waals surface area contributed by atoms with Gasteiger partial charge in [0.05, 0.1) is 31.4 Å². The molecule has 1 aliphatic carbocycles. The lowest BCUT2D eigenvalue weighted by Crippen LogP contribution is -2.40. The third-order valence-corrected chi connectivity index (χ3v) is 4.45. The van der Waals surface area contributed by atoms with Gasteiger partial charge in [-0.3, -0.25) is 0 Å². The minimum atomic E-state index is -0.446. The quantitative estimate of drug-likeness (QED) is 0.806. The molecule has 1 amide bonds. The standard InChI is InChI=1S/C20H22N2O4/c1-3-26-20(24)22-17-12-13-8-4-5-9-14(13)18(17)21-16-11-7-6-10-15(16)19(23)25-2/h4-11,17-18,21H,3,12H2,1-2H3,(H,22,24). The molecule has 3 rings (SSSR count). The fourth-order valence-corrected chi connectivity index (χ4v) is 3.30. The van der Waals surface area contributed by atoms with Crippen molar-refractivity contribution in [3.63, 3.8) is 0 Å². The highest BCUT2D eigenvalue weighted by molar-refractivity contribution is 5.95. The summed E-state index contributed by atoms with van der Waals surface area (Å²) in [6.45, 7) is 2.08. The average Bonchev–Trinajstić information content (AvgIpc) is 2.99. The van der Waals surface area contributed by atoms with Gasteiger partial charge in [0.1, 0.15) is 0 Å². The number of hydrogen-bond donors (Lipinski definition) is 2. The molecule has 0 saturated heterocycles. The number of hydrogen-bond acceptors (Lipinski definition) is 5. The molecule has 6 heteroatoms.